The Hall–Kier alpha value is -4.12. The van der Waals surface area contributed by atoms with E-state index in [1.54, 1.807) is 36.4 Å². The van der Waals surface area contributed by atoms with E-state index >= 15 is 0 Å². The Morgan fingerprint density at radius 2 is 1.76 bits per heavy atom. The minimum atomic E-state index is -1.13. The summed E-state index contributed by atoms with van der Waals surface area (Å²) >= 11 is 0.732. The number of primary amides is 1. The number of nitrogen functional groups attached to an aromatic ring is 1. The van der Waals surface area contributed by atoms with Crippen LogP contribution in [-0.2, 0) is 4.79 Å². The van der Waals surface area contributed by atoms with Crippen molar-refractivity contribution in [2.45, 2.75) is 33.2 Å². The summed E-state index contributed by atoms with van der Waals surface area (Å²) in [7, 11) is 0. The van der Waals surface area contributed by atoms with Gasteiger partial charge >= 0.3 is 0 Å². The molecule has 1 aromatic heterocycles. The summed E-state index contributed by atoms with van der Waals surface area (Å²) in [5.41, 5.74) is 11.9. The molecule has 3 aromatic rings. The molecule has 0 bridgehead atoms. The monoisotopic (exact) mass is 525 g/mol. The molecule has 2 aromatic carbocycles. The fraction of sp³-hybridized carbons (Fsp3) is 0.308. The molecule has 0 fully saturated rings. The number of hydrogen-bond donors (Lipinski definition) is 4. The summed E-state index contributed by atoms with van der Waals surface area (Å²) < 4.78 is 9.48. The predicted octanol–water partition coefficient (Wildman–Crippen LogP) is 3.48. The Bertz CT molecular complexity index is 1240. The summed E-state index contributed by atoms with van der Waals surface area (Å²) in [4.78, 5) is 40.6. The van der Waals surface area contributed by atoms with Gasteiger partial charge in [0.15, 0.2) is 5.69 Å². The van der Waals surface area contributed by atoms with E-state index in [2.05, 4.69) is 9.69 Å². The summed E-state index contributed by atoms with van der Waals surface area (Å²) in [6, 6.07) is 11.6. The number of hydrogen-bond acceptors (Lipinski definition) is 8. The molecule has 1 heterocycles. The number of aromatic hydroxyl groups is 1. The molecule has 196 valence electrons. The van der Waals surface area contributed by atoms with Crippen LogP contribution < -0.4 is 26.4 Å². The Balaban J connectivity index is 2.15. The van der Waals surface area contributed by atoms with E-state index in [-0.39, 0.29) is 22.0 Å². The molecule has 11 heteroatoms. The maximum atomic E-state index is 14.0. The number of carbonyl (C=O) groups is 3. The summed E-state index contributed by atoms with van der Waals surface area (Å²) in [6.07, 6.45) is 0.745. The molecule has 0 aliphatic rings. The van der Waals surface area contributed by atoms with E-state index in [4.69, 9.17) is 16.2 Å². The van der Waals surface area contributed by atoms with Gasteiger partial charge in [0, 0.05) is 12.2 Å². The maximum Gasteiger partial charge on any atom is 0.273 e. The van der Waals surface area contributed by atoms with Crippen molar-refractivity contribution in [3.05, 3.63) is 64.7 Å². The molecule has 0 spiro atoms. The number of phenolic OH excluding ortho intramolecular Hbond substituents is 1. The number of benzene rings is 2. The van der Waals surface area contributed by atoms with Crippen LogP contribution in [0.3, 0.4) is 0 Å². The van der Waals surface area contributed by atoms with Gasteiger partial charge in [-0.15, -0.1) is 0 Å². The largest absolute Gasteiger partial charge is 0.508 e. The van der Waals surface area contributed by atoms with Crippen molar-refractivity contribution in [3.8, 4) is 11.5 Å². The van der Waals surface area contributed by atoms with Crippen molar-refractivity contribution in [2.75, 3.05) is 23.8 Å². The molecule has 6 N–H and O–H groups in total. The first kappa shape index (κ1) is 27.5. The predicted molar refractivity (Wildman–Crippen MR) is 143 cm³/mol. The average Bonchev–Trinajstić information content (AvgIpc) is 3.25. The molecule has 0 aliphatic carbocycles. The van der Waals surface area contributed by atoms with Gasteiger partial charge in [0.05, 0.1) is 12.3 Å². The van der Waals surface area contributed by atoms with Crippen molar-refractivity contribution in [1.82, 2.24) is 9.69 Å². The number of rotatable bonds is 11. The molecule has 0 radical (unpaired) electrons. The number of nitrogens with two attached hydrogens (primary N) is 2. The van der Waals surface area contributed by atoms with E-state index in [1.807, 2.05) is 20.8 Å². The summed E-state index contributed by atoms with van der Waals surface area (Å²) in [6.45, 7) is 6.81. The van der Waals surface area contributed by atoms with E-state index in [0.29, 0.717) is 36.1 Å². The van der Waals surface area contributed by atoms with Crippen LogP contribution in [0.2, 0.25) is 0 Å². The number of amides is 3. The molecular weight excluding hydrogens is 494 g/mol. The number of carbonyl (C=O) groups excluding carboxylic acids is 3. The molecule has 10 nitrogen and oxygen atoms in total. The van der Waals surface area contributed by atoms with Gasteiger partial charge in [0.25, 0.3) is 11.8 Å². The highest BCUT2D eigenvalue weighted by Crippen LogP contribution is 2.34. The lowest BCUT2D eigenvalue weighted by atomic mass is 10.0. The third kappa shape index (κ3) is 6.56. The highest BCUT2D eigenvalue weighted by molar-refractivity contribution is 7.09. The average molecular weight is 526 g/mol. The van der Waals surface area contributed by atoms with Gasteiger partial charge in [-0.2, -0.15) is 4.37 Å². The number of nitrogens with zero attached hydrogens (tertiary/aromatic N) is 2. The molecule has 3 amide bonds. The zero-order valence-electron chi connectivity index (χ0n) is 20.9. The van der Waals surface area contributed by atoms with Crippen LogP contribution in [0.1, 0.15) is 59.0 Å². The topological polar surface area (TPSA) is 161 Å². The van der Waals surface area contributed by atoms with Crippen LogP contribution >= 0.6 is 11.5 Å². The third-order valence-electron chi connectivity index (χ3n) is 5.54. The standard InChI is InChI=1S/C26H31N5O5S/c1-4-36-19-11-7-17(8-12-19)31(26(35)23-20(27)21(24(28)33)30-37-23)22(16-5-9-18(32)10-6-16)25(34)29-14-13-15(2)3/h5-12,15,22,32H,4,13-14,27H2,1-3H3,(H2,28,33)(H,29,34)/t22-/m0/s1. The molecule has 0 saturated carbocycles. The maximum absolute atomic E-state index is 14.0. The van der Waals surface area contributed by atoms with Gasteiger partial charge in [-0.3, -0.25) is 19.3 Å². The molecule has 1 atom stereocenters. The number of ether oxygens (including phenoxy) is 1. The van der Waals surface area contributed by atoms with Crippen LogP contribution in [0.25, 0.3) is 0 Å². The third-order valence-corrected chi connectivity index (χ3v) is 6.39. The van der Waals surface area contributed by atoms with Crippen LogP contribution in [0.4, 0.5) is 11.4 Å². The minimum Gasteiger partial charge on any atom is -0.508 e. The second-order valence-electron chi connectivity index (χ2n) is 8.71. The fourth-order valence-corrected chi connectivity index (χ4v) is 4.39. The molecule has 37 heavy (non-hydrogen) atoms. The van der Waals surface area contributed by atoms with Gasteiger partial charge < -0.3 is 26.6 Å². The van der Waals surface area contributed by atoms with Crippen LogP contribution in [0, 0.1) is 5.92 Å². The van der Waals surface area contributed by atoms with Crippen LogP contribution in [0.15, 0.2) is 48.5 Å². The molecule has 0 unspecified atom stereocenters. The Labute approximate surface area is 219 Å². The highest BCUT2D eigenvalue weighted by Gasteiger charge is 2.36. The second kappa shape index (κ2) is 12.2. The Kier molecular flexibility index (Phi) is 9.07. The molecule has 0 aliphatic heterocycles. The van der Waals surface area contributed by atoms with Crippen molar-refractivity contribution < 1.29 is 24.2 Å². The van der Waals surface area contributed by atoms with Crippen molar-refractivity contribution in [1.29, 1.82) is 0 Å². The lowest BCUT2D eigenvalue weighted by molar-refractivity contribution is -0.122. The lowest BCUT2D eigenvalue weighted by Crippen LogP contribution is -2.44. The van der Waals surface area contributed by atoms with Crippen molar-refractivity contribution in [2.24, 2.45) is 11.7 Å². The van der Waals surface area contributed by atoms with Gasteiger partial charge in [0.2, 0.25) is 5.91 Å². The van der Waals surface area contributed by atoms with Crippen molar-refractivity contribution in [3.63, 3.8) is 0 Å². The van der Waals surface area contributed by atoms with E-state index in [1.165, 1.54) is 17.0 Å². The lowest BCUT2D eigenvalue weighted by Gasteiger charge is -2.31. The first-order valence-corrected chi connectivity index (χ1v) is 12.6. The summed E-state index contributed by atoms with van der Waals surface area (Å²) in [5, 5.41) is 12.7. The molecular formula is C26H31N5O5S. The zero-order valence-corrected chi connectivity index (χ0v) is 21.7. The zero-order chi connectivity index (χ0) is 27.1. The van der Waals surface area contributed by atoms with Gasteiger partial charge in [-0.1, -0.05) is 26.0 Å². The smallest absolute Gasteiger partial charge is 0.273 e. The van der Waals surface area contributed by atoms with E-state index in [0.717, 1.165) is 18.0 Å². The highest BCUT2D eigenvalue weighted by atomic mass is 32.1. The minimum absolute atomic E-state index is 0.0134. The van der Waals surface area contributed by atoms with Crippen LogP contribution in [-0.4, -0.2) is 40.4 Å². The molecule has 3 rings (SSSR count). The van der Waals surface area contributed by atoms with Gasteiger partial charge in [0.1, 0.15) is 22.4 Å². The first-order valence-electron chi connectivity index (χ1n) is 11.8. The van der Waals surface area contributed by atoms with E-state index in [9.17, 15) is 19.5 Å². The molecule has 0 saturated heterocycles. The van der Waals surface area contributed by atoms with Gasteiger partial charge in [-0.05, 0) is 72.8 Å². The number of anilines is 2. The second-order valence-corrected chi connectivity index (χ2v) is 9.48. The van der Waals surface area contributed by atoms with Gasteiger partial charge in [-0.25, -0.2) is 0 Å². The SMILES string of the molecule is CCOc1ccc(N(C(=O)c2snc(C(N)=O)c2N)[C@H](C(=O)NCCC(C)C)c2ccc(O)cc2)cc1. The summed E-state index contributed by atoms with van der Waals surface area (Å²) in [5.74, 6) is -0.952. The normalized spacial score (nSPS) is 11.7. The number of aromatic nitrogens is 1. The quantitative estimate of drug-likeness (QED) is 0.298. The number of nitrogens with one attached hydrogen (secondary N) is 1. The van der Waals surface area contributed by atoms with E-state index < -0.39 is 23.8 Å². The van der Waals surface area contributed by atoms with Crippen molar-refractivity contribution >= 4 is 40.6 Å². The Morgan fingerprint density at radius 3 is 2.30 bits per heavy atom. The van der Waals surface area contributed by atoms with Crippen LogP contribution in [0.5, 0.6) is 11.5 Å². The fourth-order valence-electron chi connectivity index (χ4n) is 3.65. The number of phenols is 1. The first-order chi connectivity index (χ1) is 17.6. The Morgan fingerprint density at radius 1 is 1.11 bits per heavy atom.